The molecule has 19 heavy (non-hydrogen) atoms. The van der Waals surface area contributed by atoms with Crippen molar-refractivity contribution in [2.45, 2.75) is 0 Å². The van der Waals surface area contributed by atoms with Crippen molar-refractivity contribution in [3.05, 3.63) is 46.4 Å². The van der Waals surface area contributed by atoms with Gasteiger partial charge in [0.1, 0.15) is 0 Å². The highest BCUT2D eigenvalue weighted by Crippen LogP contribution is 2.29. The molecule has 6 heteroatoms. The van der Waals surface area contributed by atoms with E-state index in [2.05, 4.69) is 10.2 Å². The number of H-pyrrole nitrogens is 2. The van der Waals surface area contributed by atoms with Crippen molar-refractivity contribution < 1.29 is 9.90 Å². The highest BCUT2D eigenvalue weighted by Gasteiger charge is 2.21. The third kappa shape index (κ3) is 1.57. The number of fused-ring (bicyclic) bond motifs is 1. The normalized spacial score (nSPS) is 11.0. The van der Waals surface area contributed by atoms with Crippen molar-refractivity contribution in [2.24, 2.45) is 7.05 Å². The standard InChI is InChI=1S/C13H11N3O3/c1-16-6-8(7-4-2-3-5-9(7)16)11-10(13(18)19)12(17)15-14-11/h2-6H,1H3,(H,18,19)(H2,14,15,17). The lowest BCUT2D eigenvalue weighted by Crippen LogP contribution is -2.12. The molecule has 0 saturated carbocycles. The van der Waals surface area contributed by atoms with E-state index in [0.717, 1.165) is 10.9 Å². The highest BCUT2D eigenvalue weighted by molar-refractivity contribution is 6.02. The quantitative estimate of drug-likeness (QED) is 0.650. The van der Waals surface area contributed by atoms with Gasteiger partial charge in [-0.1, -0.05) is 18.2 Å². The third-order valence-corrected chi connectivity index (χ3v) is 3.16. The minimum absolute atomic E-state index is 0.267. The van der Waals surface area contributed by atoms with Crippen LogP contribution < -0.4 is 5.56 Å². The fraction of sp³-hybridized carbons (Fsp3) is 0.0769. The van der Waals surface area contributed by atoms with Crippen molar-refractivity contribution in [1.29, 1.82) is 0 Å². The Morgan fingerprint density at radius 3 is 2.74 bits per heavy atom. The van der Waals surface area contributed by atoms with Gasteiger partial charge in [0.05, 0.1) is 5.69 Å². The van der Waals surface area contributed by atoms with Crippen LogP contribution in [0.1, 0.15) is 10.4 Å². The van der Waals surface area contributed by atoms with Crippen LogP contribution in [0.3, 0.4) is 0 Å². The molecule has 0 atom stereocenters. The third-order valence-electron chi connectivity index (χ3n) is 3.16. The second-order valence-electron chi connectivity index (χ2n) is 4.31. The van der Waals surface area contributed by atoms with Crippen LogP contribution in [0.4, 0.5) is 0 Å². The SMILES string of the molecule is Cn1cc(-c2[nH][nH]c(=O)c2C(=O)O)c2ccccc21. The summed E-state index contributed by atoms with van der Waals surface area (Å²) in [4.78, 5) is 22.7. The van der Waals surface area contributed by atoms with Gasteiger partial charge in [-0.25, -0.2) is 4.79 Å². The number of aryl methyl sites for hydroxylation is 1. The molecule has 0 spiro atoms. The molecule has 0 aliphatic carbocycles. The average molecular weight is 257 g/mol. The molecule has 0 saturated heterocycles. The summed E-state index contributed by atoms with van der Waals surface area (Å²) in [7, 11) is 1.87. The lowest BCUT2D eigenvalue weighted by molar-refractivity contribution is 0.0696. The zero-order valence-electron chi connectivity index (χ0n) is 10.1. The van der Waals surface area contributed by atoms with E-state index in [9.17, 15) is 9.59 Å². The summed E-state index contributed by atoms with van der Waals surface area (Å²) in [5, 5.41) is 15.0. The Kier molecular flexibility index (Phi) is 2.31. The zero-order chi connectivity index (χ0) is 13.6. The molecule has 3 aromatic rings. The van der Waals surface area contributed by atoms with Crippen LogP contribution >= 0.6 is 0 Å². The van der Waals surface area contributed by atoms with E-state index in [0.29, 0.717) is 11.3 Å². The van der Waals surface area contributed by atoms with Crippen LogP contribution in [-0.4, -0.2) is 25.8 Å². The summed E-state index contributed by atoms with van der Waals surface area (Å²) < 4.78 is 1.89. The Hall–Kier alpha value is -2.76. The van der Waals surface area contributed by atoms with E-state index in [-0.39, 0.29) is 5.56 Å². The number of aromatic amines is 2. The molecule has 6 nitrogen and oxygen atoms in total. The number of aromatic nitrogens is 3. The number of carboxylic acids is 1. The number of benzene rings is 1. The molecule has 0 aliphatic rings. The molecule has 0 radical (unpaired) electrons. The molecule has 0 bridgehead atoms. The number of hydrogen-bond donors (Lipinski definition) is 3. The van der Waals surface area contributed by atoms with Crippen molar-refractivity contribution in [3.63, 3.8) is 0 Å². The van der Waals surface area contributed by atoms with E-state index in [1.807, 2.05) is 35.9 Å². The second kappa shape index (κ2) is 3.88. The zero-order valence-corrected chi connectivity index (χ0v) is 10.1. The van der Waals surface area contributed by atoms with Crippen LogP contribution in [0.2, 0.25) is 0 Å². The topological polar surface area (TPSA) is 90.9 Å². The van der Waals surface area contributed by atoms with Crippen molar-refractivity contribution >= 4 is 16.9 Å². The van der Waals surface area contributed by atoms with E-state index in [1.54, 1.807) is 6.20 Å². The van der Waals surface area contributed by atoms with Crippen molar-refractivity contribution in [3.8, 4) is 11.3 Å². The van der Waals surface area contributed by atoms with E-state index in [4.69, 9.17) is 5.11 Å². The maximum atomic E-state index is 11.5. The Morgan fingerprint density at radius 2 is 2.00 bits per heavy atom. The predicted molar refractivity (Wildman–Crippen MR) is 70.3 cm³/mol. The maximum Gasteiger partial charge on any atom is 0.343 e. The molecule has 0 aliphatic heterocycles. The number of para-hydroxylation sites is 1. The van der Waals surface area contributed by atoms with Gasteiger partial charge in [-0.2, -0.15) is 0 Å². The number of rotatable bonds is 2. The Morgan fingerprint density at radius 1 is 1.26 bits per heavy atom. The predicted octanol–water partition coefficient (Wildman–Crippen LogP) is 1.56. The number of carboxylic acid groups (broad SMARTS) is 1. The summed E-state index contributed by atoms with van der Waals surface area (Å²) in [6.45, 7) is 0. The molecule has 0 fully saturated rings. The summed E-state index contributed by atoms with van der Waals surface area (Å²) in [5.41, 5.74) is 1.06. The molecule has 1 aromatic carbocycles. The van der Waals surface area contributed by atoms with Gasteiger partial charge in [-0.3, -0.25) is 15.0 Å². The first-order chi connectivity index (χ1) is 9.09. The Labute approximate surface area is 107 Å². The molecule has 3 rings (SSSR count). The maximum absolute atomic E-state index is 11.5. The highest BCUT2D eigenvalue weighted by atomic mass is 16.4. The van der Waals surface area contributed by atoms with Gasteiger partial charge in [-0.05, 0) is 6.07 Å². The second-order valence-corrected chi connectivity index (χ2v) is 4.31. The number of aromatic carboxylic acids is 1. The molecular weight excluding hydrogens is 246 g/mol. The van der Waals surface area contributed by atoms with Gasteiger partial charge < -0.3 is 9.67 Å². The fourth-order valence-electron chi connectivity index (χ4n) is 2.30. The number of hydrogen-bond acceptors (Lipinski definition) is 2. The lowest BCUT2D eigenvalue weighted by atomic mass is 10.1. The Bertz CT molecular complexity index is 838. The van der Waals surface area contributed by atoms with E-state index in [1.165, 1.54) is 0 Å². The van der Waals surface area contributed by atoms with Gasteiger partial charge >= 0.3 is 5.97 Å². The molecule has 0 unspecified atom stereocenters. The number of nitrogens with zero attached hydrogens (tertiary/aromatic N) is 1. The minimum Gasteiger partial charge on any atom is -0.477 e. The molecule has 2 aromatic heterocycles. The van der Waals surface area contributed by atoms with E-state index >= 15 is 0 Å². The first-order valence-electron chi connectivity index (χ1n) is 5.68. The largest absolute Gasteiger partial charge is 0.477 e. The summed E-state index contributed by atoms with van der Waals surface area (Å²) >= 11 is 0. The average Bonchev–Trinajstić information content (AvgIpc) is 2.91. The lowest BCUT2D eigenvalue weighted by Gasteiger charge is -1.97. The first kappa shape index (κ1) is 11.3. The van der Waals surface area contributed by atoms with Gasteiger partial charge in [-0.15, -0.1) is 0 Å². The van der Waals surface area contributed by atoms with Crippen LogP contribution in [0.15, 0.2) is 35.3 Å². The fourth-order valence-corrected chi connectivity index (χ4v) is 2.30. The van der Waals surface area contributed by atoms with Gasteiger partial charge in [0.15, 0.2) is 5.56 Å². The van der Waals surface area contributed by atoms with Gasteiger partial charge in [0.25, 0.3) is 5.56 Å². The van der Waals surface area contributed by atoms with E-state index < -0.39 is 11.5 Å². The summed E-state index contributed by atoms with van der Waals surface area (Å²) in [6, 6.07) is 7.60. The first-order valence-corrected chi connectivity index (χ1v) is 5.68. The molecule has 0 amide bonds. The number of nitrogens with one attached hydrogen (secondary N) is 2. The van der Waals surface area contributed by atoms with Gasteiger partial charge in [0, 0.05) is 29.7 Å². The monoisotopic (exact) mass is 257 g/mol. The van der Waals surface area contributed by atoms with Crippen LogP contribution in [0, 0.1) is 0 Å². The van der Waals surface area contributed by atoms with Crippen molar-refractivity contribution in [1.82, 2.24) is 14.8 Å². The molecule has 2 heterocycles. The number of carbonyl (C=O) groups is 1. The Balaban J connectivity index is 2.38. The van der Waals surface area contributed by atoms with Crippen molar-refractivity contribution in [2.75, 3.05) is 0 Å². The minimum atomic E-state index is -1.24. The van der Waals surface area contributed by atoms with Crippen LogP contribution in [0.25, 0.3) is 22.2 Å². The molecule has 96 valence electrons. The summed E-state index contributed by atoms with van der Waals surface area (Å²) in [6.07, 6.45) is 1.80. The smallest absolute Gasteiger partial charge is 0.343 e. The molecule has 3 N–H and O–H groups in total. The van der Waals surface area contributed by atoms with Crippen LogP contribution in [-0.2, 0) is 7.05 Å². The summed E-state index contributed by atoms with van der Waals surface area (Å²) in [5.74, 6) is -1.24. The van der Waals surface area contributed by atoms with Crippen LogP contribution in [0.5, 0.6) is 0 Å². The van der Waals surface area contributed by atoms with Gasteiger partial charge in [0.2, 0.25) is 0 Å². The molecular formula is C13H11N3O3.